The summed E-state index contributed by atoms with van der Waals surface area (Å²) in [6.07, 6.45) is 2.03. The molecule has 0 saturated carbocycles. The lowest BCUT2D eigenvalue weighted by Crippen LogP contribution is -1.99. The minimum Gasteiger partial charge on any atom is -0.508 e. The van der Waals surface area contributed by atoms with Gasteiger partial charge >= 0.3 is 0 Å². The maximum Gasteiger partial charge on any atom is 0.130 e. The molecule has 1 heterocycles. The lowest BCUT2D eigenvalue weighted by Gasteiger charge is -2.13. The first-order valence-electron chi connectivity index (χ1n) is 24.2. The molecule has 0 unspecified atom stereocenters. The summed E-state index contributed by atoms with van der Waals surface area (Å²) in [6.45, 7) is 29.9. The Kier molecular flexibility index (Phi) is 23.6. The Morgan fingerprint density at radius 3 is 1.51 bits per heavy atom. The molecule has 7 aromatic carbocycles. The number of phenolic OH excluding ortho intramolecular Hbond substituents is 3. The summed E-state index contributed by atoms with van der Waals surface area (Å²) in [7, 11) is 0. The molecule has 0 atom stereocenters. The van der Waals surface area contributed by atoms with E-state index in [-0.39, 0.29) is 40.9 Å². The number of hydrogen-bond acceptors (Lipinski definition) is 4. The number of aryl methyl sites for hydroxylation is 2. The fourth-order valence-corrected chi connectivity index (χ4v) is 8.85. The van der Waals surface area contributed by atoms with Gasteiger partial charge < -0.3 is 15.3 Å². The van der Waals surface area contributed by atoms with Gasteiger partial charge in [-0.15, -0.1) is 0 Å². The van der Waals surface area contributed by atoms with E-state index >= 15 is 0 Å². The second-order valence-corrected chi connectivity index (χ2v) is 20.2. The molecule has 70 heavy (non-hydrogen) atoms. The monoisotopic (exact) mass is 990 g/mol. The van der Waals surface area contributed by atoms with E-state index in [0.29, 0.717) is 34.1 Å². The fraction of sp³-hybridized carbons (Fsp3) is 0.339. The number of benzene rings is 7. The molecule has 0 fully saturated rings. The quantitative estimate of drug-likeness (QED) is 0.155. The number of rotatable bonds is 6. The molecule has 0 aromatic heterocycles. The van der Waals surface area contributed by atoms with Crippen molar-refractivity contribution in [2.75, 3.05) is 0 Å². The lowest BCUT2D eigenvalue weighted by molar-refractivity contribution is 0.454. The first kappa shape index (κ1) is 58.6. The minimum absolute atomic E-state index is 0.0243. The summed E-state index contributed by atoms with van der Waals surface area (Å²) in [4.78, 5) is 4.31. The highest BCUT2D eigenvalue weighted by molar-refractivity contribution is 6.31. The summed E-state index contributed by atoms with van der Waals surface area (Å²) in [5, 5.41) is 32.0. The van der Waals surface area contributed by atoms with Crippen LogP contribution in [0.5, 0.6) is 17.2 Å². The molecule has 0 aliphatic carbocycles. The standard InChI is InChI=1S/C13H14O.C12H15N.C10H13Cl.C9H11ClO.C9H11FO.C9H11F/c1-9(2)13-8-11(14)7-10-5-3-4-6-12(10)13;1-8(2)12-9(3)4-5-10-6-13-7-11(10)12;1-7(2)9-6-8(3)4-5-10(9)11;2*1-6(2)9-7(10)4-3-5-8(9)11;1-7(2)8-5-3-4-6-9(8)10/h3-9,14H,1-2H3;4-5,7-8H,6H2,1-3H3;4-7H,1-3H3;2*3-6,11H,1-2H3;3-7H,1-2H3. The second-order valence-electron chi connectivity index (χ2n) is 19.4. The summed E-state index contributed by atoms with van der Waals surface area (Å²) in [5.41, 5.74) is 11.4. The largest absolute Gasteiger partial charge is 0.508 e. The second kappa shape index (κ2) is 28.2. The Labute approximate surface area is 428 Å². The smallest absolute Gasteiger partial charge is 0.130 e. The third kappa shape index (κ3) is 17.3. The number of phenols is 3. The van der Waals surface area contributed by atoms with Crippen LogP contribution in [0.4, 0.5) is 8.78 Å². The molecule has 374 valence electrons. The highest BCUT2D eigenvalue weighted by Gasteiger charge is 2.15. The van der Waals surface area contributed by atoms with Crippen LogP contribution in [0.1, 0.15) is 174 Å². The zero-order valence-electron chi connectivity index (χ0n) is 43.7. The first-order chi connectivity index (χ1) is 33.0. The molecule has 7 aromatic rings. The van der Waals surface area contributed by atoms with Crippen LogP contribution in [-0.2, 0) is 6.54 Å². The Bertz CT molecular complexity index is 2680. The van der Waals surface area contributed by atoms with Gasteiger partial charge in [-0.3, -0.25) is 4.99 Å². The normalized spacial score (nSPS) is 11.3. The molecular formula is C62H75Cl2F2NO3. The highest BCUT2D eigenvalue weighted by Crippen LogP contribution is 2.33. The van der Waals surface area contributed by atoms with Gasteiger partial charge in [0.2, 0.25) is 0 Å². The topological polar surface area (TPSA) is 73.0 Å². The number of halogens is 4. The predicted molar refractivity (Wildman–Crippen MR) is 296 cm³/mol. The van der Waals surface area contributed by atoms with Gasteiger partial charge in [-0.25, -0.2) is 8.78 Å². The Hall–Kier alpha value is -5.69. The minimum atomic E-state index is -0.333. The van der Waals surface area contributed by atoms with E-state index in [1.165, 1.54) is 68.6 Å². The number of aromatic hydroxyl groups is 3. The summed E-state index contributed by atoms with van der Waals surface area (Å²) in [6, 6.07) is 38.8. The third-order valence-electron chi connectivity index (χ3n) is 11.7. The molecule has 0 saturated heterocycles. The molecule has 1 aliphatic heterocycles. The predicted octanol–water partition coefficient (Wildman–Crippen LogP) is 19.3. The molecule has 0 amide bonds. The van der Waals surface area contributed by atoms with Crippen LogP contribution >= 0.6 is 23.2 Å². The van der Waals surface area contributed by atoms with Crippen molar-refractivity contribution in [3.8, 4) is 17.2 Å². The molecule has 0 bridgehead atoms. The van der Waals surface area contributed by atoms with Crippen LogP contribution in [-0.4, -0.2) is 21.5 Å². The van der Waals surface area contributed by atoms with Crippen molar-refractivity contribution in [2.45, 2.75) is 139 Å². The average molecular weight is 991 g/mol. The zero-order valence-corrected chi connectivity index (χ0v) is 45.2. The van der Waals surface area contributed by atoms with Crippen molar-refractivity contribution < 1.29 is 24.1 Å². The molecule has 3 N–H and O–H groups in total. The number of hydrogen-bond donors (Lipinski definition) is 3. The van der Waals surface area contributed by atoms with Crippen LogP contribution in [0, 0.1) is 25.5 Å². The molecule has 8 rings (SSSR count). The summed E-state index contributed by atoms with van der Waals surface area (Å²) >= 11 is 11.9. The Balaban J connectivity index is 0.000000223. The van der Waals surface area contributed by atoms with E-state index in [0.717, 1.165) is 28.1 Å². The number of fused-ring (bicyclic) bond motifs is 2. The van der Waals surface area contributed by atoms with Gasteiger partial charge in [0.05, 0.1) is 6.54 Å². The SMILES string of the molecule is CC(C)c1c(O)cccc1Cl.CC(C)c1c(O)cccc1F.CC(C)c1cc(O)cc2ccccc12.CC(C)c1ccccc1F.Cc1ccc(Cl)c(C(C)C)c1.Cc1ccc2c(c1C(C)C)C=NC2. The number of aliphatic imine (C=N–C) groups is 1. The van der Waals surface area contributed by atoms with E-state index in [1.807, 2.05) is 96.3 Å². The average Bonchev–Trinajstić information content (AvgIpc) is 3.76. The van der Waals surface area contributed by atoms with Crippen LogP contribution < -0.4 is 0 Å². The van der Waals surface area contributed by atoms with Gasteiger partial charge in [0.25, 0.3) is 0 Å². The van der Waals surface area contributed by atoms with Crippen molar-refractivity contribution in [3.05, 3.63) is 205 Å². The van der Waals surface area contributed by atoms with Crippen molar-refractivity contribution in [3.63, 3.8) is 0 Å². The van der Waals surface area contributed by atoms with E-state index in [2.05, 4.69) is 84.6 Å². The van der Waals surface area contributed by atoms with Gasteiger partial charge in [0.1, 0.15) is 28.9 Å². The van der Waals surface area contributed by atoms with Gasteiger partial charge in [0.15, 0.2) is 0 Å². The van der Waals surface area contributed by atoms with Crippen LogP contribution in [0.3, 0.4) is 0 Å². The van der Waals surface area contributed by atoms with E-state index in [1.54, 1.807) is 30.3 Å². The van der Waals surface area contributed by atoms with Crippen LogP contribution in [0.15, 0.2) is 132 Å². The lowest BCUT2D eigenvalue weighted by atomic mass is 9.91. The molecule has 1 aliphatic rings. The number of nitrogens with zero attached hydrogens (tertiary/aromatic N) is 1. The summed E-state index contributed by atoms with van der Waals surface area (Å²) in [5.74, 6) is 2.37. The highest BCUT2D eigenvalue weighted by atomic mass is 35.5. The molecule has 0 spiro atoms. The van der Waals surface area contributed by atoms with Crippen molar-refractivity contribution >= 4 is 40.2 Å². The van der Waals surface area contributed by atoms with Gasteiger partial charge in [-0.05, 0) is 142 Å². The zero-order chi connectivity index (χ0) is 52.4. The van der Waals surface area contributed by atoms with Gasteiger partial charge in [0, 0.05) is 33.0 Å². The van der Waals surface area contributed by atoms with Crippen molar-refractivity contribution in [1.29, 1.82) is 0 Å². The van der Waals surface area contributed by atoms with Crippen LogP contribution in [0.2, 0.25) is 10.0 Å². The molecule has 0 radical (unpaired) electrons. The maximum atomic E-state index is 12.9. The van der Waals surface area contributed by atoms with Gasteiger partial charge in [-0.2, -0.15) is 0 Å². The van der Waals surface area contributed by atoms with E-state index < -0.39 is 0 Å². The summed E-state index contributed by atoms with van der Waals surface area (Å²) < 4.78 is 25.8. The Morgan fingerprint density at radius 2 is 1.01 bits per heavy atom. The third-order valence-corrected chi connectivity index (χ3v) is 12.3. The molecular weight excluding hydrogens is 916 g/mol. The molecule has 8 heteroatoms. The van der Waals surface area contributed by atoms with E-state index in [4.69, 9.17) is 23.2 Å². The van der Waals surface area contributed by atoms with Crippen molar-refractivity contribution in [2.24, 2.45) is 4.99 Å². The maximum absolute atomic E-state index is 12.9. The van der Waals surface area contributed by atoms with E-state index in [9.17, 15) is 24.1 Å². The first-order valence-corrected chi connectivity index (χ1v) is 25.0. The van der Waals surface area contributed by atoms with Gasteiger partial charge in [-0.1, -0.05) is 191 Å². The van der Waals surface area contributed by atoms with Crippen LogP contribution in [0.25, 0.3) is 10.8 Å². The fourth-order valence-electron chi connectivity index (χ4n) is 8.13. The molecule has 4 nitrogen and oxygen atoms in total. The van der Waals surface area contributed by atoms with Crippen molar-refractivity contribution in [1.82, 2.24) is 0 Å². The Morgan fingerprint density at radius 1 is 0.471 bits per heavy atom.